The van der Waals surface area contributed by atoms with E-state index in [4.69, 9.17) is 72.5 Å². The summed E-state index contributed by atoms with van der Waals surface area (Å²) >= 11 is 0. The van der Waals surface area contributed by atoms with Crippen LogP contribution in [-0.4, -0.2) is 213 Å². The first-order valence-corrected chi connectivity index (χ1v) is 51.1. The van der Waals surface area contributed by atoms with Crippen LogP contribution < -0.4 is 44.4 Å². The van der Waals surface area contributed by atoms with E-state index in [0.717, 1.165) is 194 Å². The Morgan fingerprint density at radius 3 is 1.09 bits per heavy atom. The Hall–Kier alpha value is -8.54. The number of nitrogens with zero attached hydrogens (tertiary/aromatic N) is 9. The first kappa shape index (κ1) is 107. The van der Waals surface area contributed by atoms with Gasteiger partial charge in [0, 0.05) is 90.1 Å². The number of nitrogens with one attached hydrogen (secondary N) is 3. The van der Waals surface area contributed by atoms with Crippen molar-refractivity contribution in [2.75, 3.05) is 41.0 Å². The Morgan fingerprint density at radius 2 is 0.729 bits per heavy atom. The van der Waals surface area contributed by atoms with Gasteiger partial charge in [-0.3, -0.25) is 14.4 Å². The van der Waals surface area contributed by atoms with Crippen molar-refractivity contribution in [2.45, 2.75) is 365 Å². The molecule has 13 aliphatic rings. The normalized spacial score (nSPS) is 31.3. The van der Waals surface area contributed by atoms with Gasteiger partial charge in [-0.15, -0.1) is 0 Å². The minimum atomic E-state index is -0.910. The minimum Gasteiger partial charge on any atom is -0.540 e. The maximum Gasteiger partial charge on any atom is 0.408 e. The molecule has 3 saturated heterocycles. The predicted octanol–water partition coefficient (Wildman–Crippen LogP) is 17.2. The van der Waals surface area contributed by atoms with E-state index in [2.05, 4.69) is 34.8 Å². The van der Waals surface area contributed by atoms with Crippen molar-refractivity contribution in [2.24, 2.45) is 63.6 Å². The van der Waals surface area contributed by atoms with E-state index in [1.54, 1.807) is 26.2 Å². The molecular formula is C107H143N12O18V3-3. The Kier molecular flexibility index (Phi) is 33.2. The number of benzene rings is 3. The maximum atomic E-state index is 14.3. The largest absolute Gasteiger partial charge is 0.540 e. The van der Waals surface area contributed by atoms with Crippen molar-refractivity contribution in [3.8, 4) is 34.9 Å². The molecule has 6 amide bonds. The van der Waals surface area contributed by atoms with Crippen molar-refractivity contribution < 1.29 is 141 Å². The van der Waals surface area contributed by atoms with Gasteiger partial charge in [0.15, 0.2) is 0 Å². The molecule has 33 heteroatoms. The van der Waals surface area contributed by atoms with Crippen molar-refractivity contribution in [3.05, 3.63) is 71.7 Å². The van der Waals surface area contributed by atoms with Crippen LogP contribution in [0.5, 0.6) is 34.9 Å². The summed E-state index contributed by atoms with van der Waals surface area (Å²) in [5, 5.41) is 8.73. The van der Waals surface area contributed by atoms with Crippen LogP contribution >= 0.6 is 0 Å². The average molecular weight is 2040 g/mol. The molecule has 2 unspecified atom stereocenters. The van der Waals surface area contributed by atoms with Crippen molar-refractivity contribution >= 4 is 88.0 Å². The molecule has 3 spiro atoms. The van der Waals surface area contributed by atoms with Crippen molar-refractivity contribution in [1.82, 2.24) is 60.6 Å². The molecule has 10 fully saturated rings. The van der Waals surface area contributed by atoms with Gasteiger partial charge in [0.2, 0.25) is 35.4 Å². The number of alkyl carbamates (subject to hydrolysis) is 3. The quantitative estimate of drug-likeness (QED) is 0.0894. The van der Waals surface area contributed by atoms with E-state index in [1.165, 1.54) is 16.2 Å². The van der Waals surface area contributed by atoms with E-state index in [-0.39, 0.29) is 145 Å². The molecule has 20 atom stereocenters. The number of ether oxygens (including phenoxy) is 9. The second-order valence-corrected chi connectivity index (χ2v) is 45.4. The Labute approximate surface area is 860 Å². The second-order valence-electron chi connectivity index (χ2n) is 45.4. The fourth-order valence-electron chi connectivity index (χ4n) is 24.6. The molecule has 30 nitrogen and oxygen atoms in total. The van der Waals surface area contributed by atoms with Crippen LogP contribution in [0.25, 0.3) is 33.1 Å². The molecule has 3 aromatic carbocycles. The van der Waals surface area contributed by atoms with Crippen LogP contribution in [0, 0.1) is 63.6 Å². The van der Waals surface area contributed by atoms with Gasteiger partial charge < -0.3 is 87.7 Å². The van der Waals surface area contributed by atoms with E-state index in [9.17, 15) is 43.2 Å². The zero-order valence-corrected chi connectivity index (χ0v) is 88.7. The molecule has 757 valence electrons. The minimum absolute atomic E-state index is 0. The van der Waals surface area contributed by atoms with Crippen molar-refractivity contribution in [3.63, 3.8) is 0 Å². The summed E-state index contributed by atoms with van der Waals surface area (Å²) in [5.74, 6) is 3.72. The molecule has 6 bridgehead atoms. The molecular weight excluding hydrogens is 1890 g/mol. The van der Waals surface area contributed by atoms with E-state index < -0.39 is 94.7 Å². The maximum absolute atomic E-state index is 14.3. The van der Waals surface area contributed by atoms with Gasteiger partial charge in [-0.25, -0.2) is 63.1 Å². The first-order chi connectivity index (χ1) is 65.5. The molecule has 140 heavy (non-hydrogen) atoms. The summed E-state index contributed by atoms with van der Waals surface area (Å²) in [6.07, 6.45) is 30.8. The standard InChI is InChI=1S/C36H47N4O6.C36H49N4O6.C35H47N4O6.3V/c1-6-22-27(19-41)40-18-29(22)45-32-30(37-25-11-10-21(44-5)17-26(25)38-32)36(13-14-36)12-8-7-9-23-24-15-20(24)16-28(23)46-34(43)39-31(33(40)42)35(2,3)4;1-7-24-27(21-41)40-20-28(24)45-31-29(37-25-14-13-23(44-6)19-26(25)38-31)36(17-18-36)16-9-8-11-22-12-10-15-35(22,5)46-33(43)39-30(32(40)42)34(2,3)4;1-6-23-26(20-40)39-19-28(23)44-31-29(36-24-14-13-22(43-5)18-25(24)37-31)35(16-17-35)15-8-7-10-21-11-9-12-27(21)45-33(42)38-30(32(39)41)34(2,3)4;;;/h10-11,17,20,22-24,27-29,31H,6-9,12-16,18H2,1-5H3,(H,39,43);13-14,19,22,24,27-28,30H,7-12,15-18,20H2,1-6H3,(H,39,43);13-14,18,21,23,26-28,30H,6-12,15-17,19H2,1-5H3,(H,38,42);;;/q3*-1;;;/t20?,22-,23+,24?,27+,28+,29-,31+;22-,24+,27-,28+,30-,35-;21-,23+,26-,27-,28+,30-;;;/m011.../s1. The van der Waals surface area contributed by atoms with Gasteiger partial charge in [-0.2, -0.15) is 0 Å². The SMILES string of the molecule is CC[C@@H]1[C@@H]2CN(C(=O)[C@H](C(C)(C)C)NC(=O)O[C@@H]3CC4CC4[C@H]3CCCCC3(CC3)c3nc4ccc(OC)cc4nc3O2)[C@@H]1[C-]=O.CC[C@@H]1[C@@H]2CN(C(=O)[C@H](C(C)(C)C)NC(=O)O[C@@H]3CCC[C@H]3CCCCC3(CC3)c3nc4ccc(OC)cc4nc3O2)[C@@H]1[C-]=O.CC[C@@H]1[C@@H]2CN(C(=O)[C@H](C(C)(C)C)NC(=O)O[C@]3(C)CCC[C@H]3CCCCC3(CC3)c3nc4ccc(OC)cc4nc3O2)[C@@H]1[C-]=O.[V].[V].[V]. The van der Waals surface area contributed by atoms with Crippen LogP contribution in [-0.2, 0) is 115 Å². The van der Waals surface area contributed by atoms with Gasteiger partial charge >= 0.3 is 18.3 Å². The third-order valence-electron chi connectivity index (χ3n) is 33.4. The summed E-state index contributed by atoms with van der Waals surface area (Å²) < 4.78 is 55.0. The van der Waals surface area contributed by atoms with Crippen molar-refractivity contribution in [1.29, 1.82) is 0 Å². The second kappa shape index (κ2) is 43.4. The number of aromatic nitrogens is 6. The molecule has 19 rings (SSSR count). The smallest absolute Gasteiger partial charge is 0.408 e. The summed E-state index contributed by atoms with van der Waals surface area (Å²) in [4.78, 5) is 156. The van der Waals surface area contributed by atoms with Crippen LogP contribution in [0.4, 0.5) is 14.4 Å². The molecule has 3 aromatic heterocycles. The average Bonchev–Trinajstić information content (AvgIpc) is 1.60. The number of hydrogen-bond acceptors (Lipinski definition) is 24. The van der Waals surface area contributed by atoms with Crippen LogP contribution in [0.3, 0.4) is 0 Å². The summed E-state index contributed by atoms with van der Waals surface area (Å²) in [6, 6.07) is 11.9. The fourth-order valence-corrected chi connectivity index (χ4v) is 24.6. The summed E-state index contributed by atoms with van der Waals surface area (Å²) in [5.41, 5.74) is 4.16. The number of rotatable bonds is 9. The van der Waals surface area contributed by atoms with Crippen LogP contribution in [0.2, 0.25) is 0 Å². The molecule has 7 saturated carbocycles. The third kappa shape index (κ3) is 22.3. The fraction of sp³-hybridized carbons (Fsp3) is 0.692. The number of amides is 6. The van der Waals surface area contributed by atoms with E-state index >= 15 is 0 Å². The third-order valence-corrected chi connectivity index (χ3v) is 33.4. The number of carbonyl (C=O) groups is 6. The Bertz CT molecular complexity index is 5390. The van der Waals surface area contributed by atoms with Gasteiger partial charge in [0.1, 0.15) is 88.6 Å². The monoisotopic (exact) mass is 2040 g/mol. The van der Waals surface area contributed by atoms with Crippen LogP contribution in [0.1, 0.15) is 293 Å². The first-order valence-electron chi connectivity index (χ1n) is 51.1. The molecule has 3 N–H and O–H groups in total. The van der Waals surface area contributed by atoms with Gasteiger partial charge in [-0.05, 0) is 235 Å². The van der Waals surface area contributed by atoms with E-state index in [0.29, 0.717) is 94.4 Å². The molecule has 7 aliphatic carbocycles. The number of hydrogen-bond donors (Lipinski definition) is 3. The Morgan fingerprint density at radius 1 is 0.379 bits per heavy atom. The molecule has 6 aliphatic heterocycles. The zero-order valence-electron chi connectivity index (χ0n) is 84.5. The van der Waals surface area contributed by atoms with Gasteiger partial charge in [-0.1, -0.05) is 159 Å². The topological polar surface area (TPSA) is 360 Å². The zero-order chi connectivity index (χ0) is 97.2. The summed E-state index contributed by atoms with van der Waals surface area (Å²) in [7, 11) is 4.87. The van der Waals surface area contributed by atoms with E-state index in [1.807, 2.05) is 145 Å². The number of fused-ring (bicyclic) bond motifs is 20. The number of carbonyl (C=O) groups excluding carboxylic acids is 9. The molecule has 9 heterocycles. The van der Waals surface area contributed by atoms with Crippen LogP contribution in [0.15, 0.2) is 54.6 Å². The number of methoxy groups -OCH3 is 3. The molecule has 3 radical (unpaired) electrons. The molecule has 6 aromatic rings. The predicted molar refractivity (Wildman–Crippen MR) is 514 cm³/mol. The van der Waals surface area contributed by atoms with Gasteiger partial charge in [0.05, 0.1) is 74.1 Å². The Balaban J connectivity index is 0.000000165. The summed E-state index contributed by atoms with van der Waals surface area (Å²) in [6.45, 7) is 25.7. The van der Waals surface area contributed by atoms with Gasteiger partial charge in [0.25, 0.3) is 0 Å².